The maximum atomic E-state index is 12.0. The lowest BCUT2D eigenvalue weighted by Crippen LogP contribution is -2.53. The van der Waals surface area contributed by atoms with E-state index in [0.717, 1.165) is 31.9 Å². The number of nitrogens with zero attached hydrogens (tertiary/aromatic N) is 4. The highest BCUT2D eigenvalue weighted by molar-refractivity contribution is 5.81. The van der Waals surface area contributed by atoms with Gasteiger partial charge in [-0.2, -0.15) is 0 Å². The topological polar surface area (TPSA) is 69.9 Å². The zero-order valence-electron chi connectivity index (χ0n) is 13.2. The van der Waals surface area contributed by atoms with E-state index >= 15 is 0 Å². The van der Waals surface area contributed by atoms with Crippen LogP contribution in [-0.2, 0) is 4.79 Å². The van der Waals surface area contributed by atoms with Crippen molar-refractivity contribution in [2.45, 2.75) is 13.0 Å². The van der Waals surface area contributed by atoms with Crippen molar-refractivity contribution in [3.8, 4) is 0 Å². The summed E-state index contributed by atoms with van der Waals surface area (Å²) in [6, 6.07) is 6.50. The average Bonchev–Trinajstić information content (AvgIpc) is 2.53. The van der Waals surface area contributed by atoms with Crippen LogP contribution >= 0.6 is 0 Å². The molecule has 0 N–H and O–H groups in total. The highest BCUT2D eigenvalue weighted by Crippen LogP contribution is 2.21. The van der Waals surface area contributed by atoms with Gasteiger partial charge in [0.05, 0.1) is 11.0 Å². The van der Waals surface area contributed by atoms with Gasteiger partial charge in [0, 0.05) is 58.1 Å². The molecule has 1 aliphatic heterocycles. The van der Waals surface area contributed by atoms with Gasteiger partial charge in [-0.1, -0.05) is 0 Å². The minimum Gasteiger partial charge on any atom is -0.369 e. The van der Waals surface area contributed by atoms with Crippen LogP contribution in [0.15, 0.2) is 24.3 Å². The number of carbonyl (C=O) groups excluding carboxylic acids is 1. The van der Waals surface area contributed by atoms with Crippen molar-refractivity contribution in [1.29, 1.82) is 0 Å². The number of non-ortho nitro benzene ring substituents is 1. The summed E-state index contributed by atoms with van der Waals surface area (Å²) in [4.78, 5) is 28.3. The van der Waals surface area contributed by atoms with Gasteiger partial charge >= 0.3 is 0 Å². The van der Waals surface area contributed by atoms with E-state index in [1.54, 1.807) is 31.1 Å². The fourth-order valence-electron chi connectivity index (χ4n) is 2.68. The molecule has 1 heterocycles. The Bertz CT molecular complexity index is 536. The van der Waals surface area contributed by atoms with Crippen molar-refractivity contribution in [3.05, 3.63) is 34.4 Å². The summed E-state index contributed by atoms with van der Waals surface area (Å²) in [5.41, 5.74) is 1.09. The van der Waals surface area contributed by atoms with E-state index in [9.17, 15) is 14.9 Å². The molecule has 7 nitrogen and oxygen atoms in total. The average molecular weight is 306 g/mol. The normalized spacial score (nSPS) is 17.1. The van der Waals surface area contributed by atoms with E-state index in [4.69, 9.17) is 0 Å². The lowest BCUT2D eigenvalue weighted by atomic mass is 10.2. The third-order valence-corrected chi connectivity index (χ3v) is 4.09. The first-order chi connectivity index (χ1) is 10.4. The highest BCUT2D eigenvalue weighted by atomic mass is 16.6. The maximum absolute atomic E-state index is 12.0. The summed E-state index contributed by atoms with van der Waals surface area (Å²) >= 11 is 0. The molecule has 2 rings (SSSR count). The lowest BCUT2D eigenvalue weighted by Gasteiger charge is -2.39. The molecule has 0 spiro atoms. The van der Waals surface area contributed by atoms with Crippen LogP contribution < -0.4 is 4.90 Å². The van der Waals surface area contributed by atoms with Crippen LogP contribution in [0.1, 0.15) is 6.92 Å². The third-order valence-electron chi connectivity index (χ3n) is 4.09. The van der Waals surface area contributed by atoms with Crippen LogP contribution in [0.5, 0.6) is 0 Å². The second-order valence-corrected chi connectivity index (χ2v) is 5.71. The number of rotatable bonds is 4. The van der Waals surface area contributed by atoms with Crippen molar-refractivity contribution in [2.75, 3.05) is 45.2 Å². The molecule has 1 fully saturated rings. The maximum Gasteiger partial charge on any atom is 0.269 e. The second kappa shape index (κ2) is 6.74. The van der Waals surface area contributed by atoms with Crippen LogP contribution in [0.3, 0.4) is 0 Å². The first kappa shape index (κ1) is 16.2. The van der Waals surface area contributed by atoms with Crippen molar-refractivity contribution < 1.29 is 9.72 Å². The minimum absolute atomic E-state index is 0.104. The smallest absolute Gasteiger partial charge is 0.269 e. The van der Waals surface area contributed by atoms with Gasteiger partial charge in [-0.05, 0) is 19.1 Å². The number of anilines is 1. The fourth-order valence-corrected chi connectivity index (χ4v) is 2.68. The number of amides is 1. The number of hydrogen-bond acceptors (Lipinski definition) is 5. The molecular formula is C15H22N4O3. The number of hydrogen-bond donors (Lipinski definition) is 0. The standard InChI is InChI=1S/C15H22N4O3/c1-12(15(20)16(2)3)17-8-10-18(11-9-17)13-4-6-14(7-5-13)19(21)22/h4-7,12H,8-11H2,1-3H3/t12-/m0/s1. The predicted molar refractivity (Wildman–Crippen MR) is 85.0 cm³/mol. The number of nitro benzene ring substituents is 1. The molecule has 7 heteroatoms. The van der Waals surface area contributed by atoms with E-state index in [1.165, 1.54) is 12.1 Å². The summed E-state index contributed by atoms with van der Waals surface area (Å²) < 4.78 is 0. The summed E-state index contributed by atoms with van der Waals surface area (Å²) in [6.45, 7) is 5.16. The van der Waals surface area contributed by atoms with Crippen LogP contribution in [0.4, 0.5) is 11.4 Å². The summed E-state index contributed by atoms with van der Waals surface area (Å²) in [5, 5.41) is 10.7. The number of likely N-dealkylation sites (N-methyl/N-ethyl adjacent to an activating group) is 1. The molecule has 22 heavy (non-hydrogen) atoms. The van der Waals surface area contributed by atoms with E-state index in [1.807, 2.05) is 6.92 Å². The molecular weight excluding hydrogens is 284 g/mol. The van der Waals surface area contributed by atoms with E-state index < -0.39 is 4.92 Å². The Labute approximate surface area is 130 Å². The van der Waals surface area contributed by atoms with Crippen LogP contribution in [0.2, 0.25) is 0 Å². The number of benzene rings is 1. The molecule has 1 amide bonds. The summed E-state index contributed by atoms with van der Waals surface area (Å²) in [5.74, 6) is 0.115. The van der Waals surface area contributed by atoms with Crippen molar-refractivity contribution in [2.24, 2.45) is 0 Å². The van der Waals surface area contributed by atoms with Gasteiger partial charge in [-0.3, -0.25) is 19.8 Å². The molecule has 1 aromatic carbocycles. The van der Waals surface area contributed by atoms with Gasteiger partial charge in [0.2, 0.25) is 5.91 Å². The van der Waals surface area contributed by atoms with E-state index in [2.05, 4.69) is 9.80 Å². The lowest BCUT2D eigenvalue weighted by molar-refractivity contribution is -0.384. The number of nitro groups is 1. The monoisotopic (exact) mass is 306 g/mol. The molecule has 1 atom stereocenters. The Morgan fingerprint density at radius 1 is 1.18 bits per heavy atom. The zero-order chi connectivity index (χ0) is 16.3. The third kappa shape index (κ3) is 3.54. The van der Waals surface area contributed by atoms with Gasteiger partial charge in [-0.25, -0.2) is 0 Å². The van der Waals surface area contributed by atoms with Gasteiger partial charge in [0.15, 0.2) is 0 Å². The van der Waals surface area contributed by atoms with Crippen LogP contribution in [0.25, 0.3) is 0 Å². The zero-order valence-corrected chi connectivity index (χ0v) is 13.2. The molecule has 0 unspecified atom stereocenters. The summed E-state index contributed by atoms with van der Waals surface area (Å²) in [6.07, 6.45) is 0. The molecule has 0 radical (unpaired) electrons. The van der Waals surface area contributed by atoms with Gasteiger partial charge < -0.3 is 9.80 Å². The van der Waals surface area contributed by atoms with Gasteiger partial charge in [0.1, 0.15) is 0 Å². The molecule has 0 aromatic heterocycles. The molecule has 0 aliphatic carbocycles. The second-order valence-electron chi connectivity index (χ2n) is 5.71. The Morgan fingerprint density at radius 3 is 2.18 bits per heavy atom. The summed E-state index contributed by atoms with van der Waals surface area (Å²) in [7, 11) is 3.54. The molecule has 0 bridgehead atoms. The Balaban J connectivity index is 1.94. The predicted octanol–water partition coefficient (Wildman–Crippen LogP) is 1.19. The van der Waals surface area contributed by atoms with Crippen molar-refractivity contribution in [3.63, 3.8) is 0 Å². The Kier molecular flexibility index (Phi) is 4.97. The quantitative estimate of drug-likeness (QED) is 0.617. The SMILES string of the molecule is C[C@@H](C(=O)N(C)C)N1CCN(c2ccc([N+](=O)[O-])cc2)CC1. The van der Waals surface area contributed by atoms with Crippen molar-refractivity contribution >= 4 is 17.3 Å². The van der Waals surface area contributed by atoms with Gasteiger partial charge in [-0.15, -0.1) is 0 Å². The molecule has 120 valence electrons. The van der Waals surface area contributed by atoms with Crippen LogP contribution in [0, 0.1) is 10.1 Å². The number of carbonyl (C=O) groups is 1. The molecule has 1 aromatic rings. The highest BCUT2D eigenvalue weighted by Gasteiger charge is 2.26. The van der Waals surface area contributed by atoms with E-state index in [0.29, 0.717) is 0 Å². The number of piperazine rings is 1. The van der Waals surface area contributed by atoms with E-state index in [-0.39, 0.29) is 17.6 Å². The molecule has 1 aliphatic rings. The van der Waals surface area contributed by atoms with Crippen LogP contribution in [-0.4, -0.2) is 66.9 Å². The first-order valence-corrected chi connectivity index (χ1v) is 7.35. The Hall–Kier alpha value is -2.15. The molecule has 1 saturated heterocycles. The Morgan fingerprint density at radius 2 is 1.73 bits per heavy atom. The minimum atomic E-state index is -0.393. The van der Waals surface area contributed by atoms with Crippen molar-refractivity contribution in [1.82, 2.24) is 9.80 Å². The van der Waals surface area contributed by atoms with Gasteiger partial charge in [0.25, 0.3) is 5.69 Å². The first-order valence-electron chi connectivity index (χ1n) is 7.35. The molecule has 0 saturated carbocycles. The fraction of sp³-hybridized carbons (Fsp3) is 0.533. The largest absolute Gasteiger partial charge is 0.369 e.